The third-order valence-electron chi connectivity index (χ3n) is 4.74. The van der Waals surface area contributed by atoms with E-state index in [-0.39, 0.29) is 5.56 Å². The molecule has 0 saturated carbocycles. The van der Waals surface area contributed by atoms with Crippen molar-refractivity contribution in [2.45, 2.75) is 6.92 Å². The molecule has 27 heavy (non-hydrogen) atoms. The molecule has 0 bridgehead atoms. The second-order valence-corrected chi connectivity index (χ2v) is 6.55. The van der Waals surface area contributed by atoms with Crippen molar-refractivity contribution in [1.29, 1.82) is 0 Å². The van der Waals surface area contributed by atoms with Gasteiger partial charge in [-0.2, -0.15) is 10.2 Å². The molecule has 0 aliphatic carbocycles. The van der Waals surface area contributed by atoms with Gasteiger partial charge in [-0.15, -0.1) is 0 Å². The number of H-pyrrole nitrogens is 1. The van der Waals surface area contributed by atoms with Crippen LogP contribution in [0.4, 0.5) is 0 Å². The maximum atomic E-state index is 12.5. The lowest BCUT2D eigenvalue weighted by Gasteiger charge is -2.07. The van der Waals surface area contributed by atoms with Crippen molar-refractivity contribution in [3.05, 3.63) is 71.0 Å². The van der Waals surface area contributed by atoms with Gasteiger partial charge in [0.05, 0.1) is 22.8 Å². The van der Waals surface area contributed by atoms with Crippen LogP contribution in [0.15, 0.2) is 59.8 Å². The van der Waals surface area contributed by atoms with E-state index in [0.717, 1.165) is 33.6 Å². The molecule has 0 aliphatic rings. The van der Waals surface area contributed by atoms with Crippen molar-refractivity contribution in [2.24, 2.45) is 7.05 Å². The van der Waals surface area contributed by atoms with Crippen LogP contribution in [-0.4, -0.2) is 29.4 Å². The molecule has 0 radical (unpaired) electrons. The predicted molar refractivity (Wildman–Crippen MR) is 103 cm³/mol. The summed E-state index contributed by atoms with van der Waals surface area (Å²) in [6, 6.07) is 11.6. The average Bonchev–Trinajstić information content (AvgIpc) is 3.28. The highest BCUT2D eigenvalue weighted by molar-refractivity contribution is 5.86. The molecule has 1 aromatic carbocycles. The van der Waals surface area contributed by atoms with E-state index in [1.807, 2.05) is 56.6 Å². The third kappa shape index (κ3) is 2.43. The number of nitrogens with one attached hydrogen (secondary N) is 1. The summed E-state index contributed by atoms with van der Waals surface area (Å²) in [6.45, 7) is 1.97. The van der Waals surface area contributed by atoms with E-state index in [1.165, 1.54) is 0 Å². The van der Waals surface area contributed by atoms with Crippen LogP contribution in [0, 0.1) is 6.92 Å². The first-order chi connectivity index (χ1) is 13.1. The number of rotatable bonds is 2. The fourth-order valence-electron chi connectivity index (χ4n) is 3.39. The number of hydrogen-bond acceptors (Lipinski definition) is 4. The Morgan fingerprint density at radius 1 is 1.11 bits per heavy atom. The molecule has 1 N–H and O–H groups in total. The second kappa shape index (κ2) is 5.63. The molecular weight excluding hydrogens is 340 g/mol. The molecule has 0 atom stereocenters. The predicted octanol–water partition coefficient (Wildman–Crippen LogP) is 2.95. The molecule has 7 heteroatoms. The number of fused-ring (bicyclic) bond motifs is 3. The largest absolute Gasteiger partial charge is 0.306 e. The molecule has 5 rings (SSSR count). The van der Waals surface area contributed by atoms with Crippen LogP contribution in [0.5, 0.6) is 0 Å². The molecule has 0 unspecified atom stereocenters. The van der Waals surface area contributed by atoms with Crippen LogP contribution < -0.4 is 5.56 Å². The minimum atomic E-state index is -0.135. The lowest BCUT2D eigenvalue weighted by atomic mass is 10.0. The number of aryl methyl sites for hydroxylation is 2. The lowest BCUT2D eigenvalue weighted by Crippen LogP contribution is -2.10. The van der Waals surface area contributed by atoms with E-state index >= 15 is 0 Å². The first-order valence-corrected chi connectivity index (χ1v) is 8.57. The van der Waals surface area contributed by atoms with Gasteiger partial charge in [0.15, 0.2) is 0 Å². The highest BCUT2D eigenvalue weighted by Crippen LogP contribution is 2.26. The van der Waals surface area contributed by atoms with Crippen LogP contribution in [0.1, 0.15) is 5.69 Å². The van der Waals surface area contributed by atoms with Crippen molar-refractivity contribution in [3.63, 3.8) is 0 Å². The van der Waals surface area contributed by atoms with Crippen LogP contribution >= 0.6 is 0 Å². The zero-order valence-electron chi connectivity index (χ0n) is 14.8. The number of aromatic amines is 1. The van der Waals surface area contributed by atoms with E-state index in [9.17, 15) is 4.79 Å². The normalized spacial score (nSPS) is 11.5. The summed E-state index contributed by atoms with van der Waals surface area (Å²) in [7, 11) is 1.86. The third-order valence-corrected chi connectivity index (χ3v) is 4.74. The molecule has 0 spiro atoms. The van der Waals surface area contributed by atoms with Gasteiger partial charge in [0.1, 0.15) is 5.65 Å². The summed E-state index contributed by atoms with van der Waals surface area (Å²) in [4.78, 5) is 19.8. The maximum absolute atomic E-state index is 12.5. The number of aromatic nitrogens is 6. The summed E-state index contributed by atoms with van der Waals surface area (Å²) in [5, 5.41) is 9.49. The van der Waals surface area contributed by atoms with Gasteiger partial charge >= 0.3 is 0 Å². The molecule has 0 amide bonds. The molecule has 0 fully saturated rings. The van der Waals surface area contributed by atoms with Gasteiger partial charge in [0.2, 0.25) is 0 Å². The Kier molecular flexibility index (Phi) is 3.24. The standard InChI is InChI=1S/C20H16N6O/c1-12-15(4-3-7-21-12)13-5-6-16-18(8-13)26-19(23-20(16)27)9-17(24-26)14-10-22-25(2)11-14/h3-11H,1-2H3,(H,23,27). The summed E-state index contributed by atoms with van der Waals surface area (Å²) < 4.78 is 3.50. The van der Waals surface area contributed by atoms with Gasteiger partial charge in [0, 0.05) is 42.3 Å². The van der Waals surface area contributed by atoms with Crippen molar-refractivity contribution in [1.82, 2.24) is 29.4 Å². The van der Waals surface area contributed by atoms with Crippen LogP contribution in [0.25, 0.3) is 38.9 Å². The first kappa shape index (κ1) is 15.5. The Balaban J connectivity index is 1.80. The number of nitrogens with zero attached hydrogens (tertiary/aromatic N) is 5. The van der Waals surface area contributed by atoms with Gasteiger partial charge in [-0.25, -0.2) is 4.52 Å². The minimum Gasteiger partial charge on any atom is -0.306 e. The highest BCUT2D eigenvalue weighted by Gasteiger charge is 2.12. The molecular formula is C20H16N6O. The lowest BCUT2D eigenvalue weighted by molar-refractivity contribution is 0.768. The highest BCUT2D eigenvalue weighted by atomic mass is 16.1. The van der Waals surface area contributed by atoms with Crippen molar-refractivity contribution < 1.29 is 0 Å². The summed E-state index contributed by atoms with van der Waals surface area (Å²) in [5.74, 6) is 0. The van der Waals surface area contributed by atoms with Crippen molar-refractivity contribution in [3.8, 4) is 22.4 Å². The molecule has 0 aliphatic heterocycles. The number of hydrogen-bond donors (Lipinski definition) is 1. The van der Waals surface area contributed by atoms with Crippen molar-refractivity contribution in [2.75, 3.05) is 0 Å². The van der Waals surface area contributed by atoms with Crippen molar-refractivity contribution >= 4 is 16.6 Å². The maximum Gasteiger partial charge on any atom is 0.259 e. The topological polar surface area (TPSA) is 80.9 Å². The monoisotopic (exact) mass is 356 g/mol. The molecule has 5 aromatic rings. The SMILES string of the molecule is Cc1ncccc1-c1ccc2c(=O)[nH]c3cc(-c4cnn(C)c4)nn3c2c1. The Labute approximate surface area is 153 Å². The van der Waals surface area contributed by atoms with Crippen LogP contribution in [-0.2, 0) is 7.05 Å². The van der Waals surface area contributed by atoms with E-state index in [4.69, 9.17) is 5.10 Å². The minimum absolute atomic E-state index is 0.135. The quantitative estimate of drug-likeness (QED) is 0.527. The van der Waals surface area contributed by atoms with Gasteiger partial charge in [0.25, 0.3) is 5.56 Å². The van der Waals surface area contributed by atoms with E-state index in [2.05, 4.69) is 15.1 Å². The van der Waals surface area contributed by atoms with Crippen LogP contribution in [0.3, 0.4) is 0 Å². The molecule has 4 heterocycles. The van der Waals surface area contributed by atoms with E-state index < -0.39 is 0 Å². The Bertz CT molecular complexity index is 1370. The zero-order chi connectivity index (χ0) is 18.5. The van der Waals surface area contributed by atoms with Gasteiger partial charge in [-0.05, 0) is 30.7 Å². The van der Waals surface area contributed by atoms with E-state index in [0.29, 0.717) is 11.0 Å². The fraction of sp³-hybridized carbons (Fsp3) is 0.100. The molecule has 4 aromatic heterocycles. The van der Waals surface area contributed by atoms with Crippen LogP contribution in [0.2, 0.25) is 0 Å². The summed E-state index contributed by atoms with van der Waals surface area (Å²) >= 11 is 0. The fourth-order valence-corrected chi connectivity index (χ4v) is 3.39. The summed E-state index contributed by atoms with van der Waals surface area (Å²) in [6.07, 6.45) is 5.43. The Morgan fingerprint density at radius 3 is 2.78 bits per heavy atom. The summed E-state index contributed by atoms with van der Waals surface area (Å²) in [5.41, 5.74) is 5.89. The molecule has 132 valence electrons. The second-order valence-electron chi connectivity index (χ2n) is 6.55. The Morgan fingerprint density at radius 2 is 2.00 bits per heavy atom. The Hall–Kier alpha value is -3.74. The van der Waals surface area contributed by atoms with E-state index in [1.54, 1.807) is 21.6 Å². The van der Waals surface area contributed by atoms with Gasteiger partial charge in [-0.1, -0.05) is 12.1 Å². The number of benzene rings is 1. The smallest absolute Gasteiger partial charge is 0.259 e. The molecule has 0 saturated heterocycles. The van der Waals surface area contributed by atoms with Gasteiger partial charge in [-0.3, -0.25) is 14.5 Å². The average molecular weight is 356 g/mol. The number of pyridine rings is 1. The molecule has 7 nitrogen and oxygen atoms in total. The zero-order valence-corrected chi connectivity index (χ0v) is 14.8. The van der Waals surface area contributed by atoms with Gasteiger partial charge < -0.3 is 4.98 Å². The first-order valence-electron chi connectivity index (χ1n) is 8.57.